The minimum Gasteiger partial charge on any atom is -0.393 e. The van der Waals surface area contributed by atoms with Gasteiger partial charge >= 0.3 is 0 Å². The highest BCUT2D eigenvalue weighted by atomic mass is 32.2. The number of rotatable bonds is 3. The number of aliphatic hydroxyl groups is 1. The van der Waals surface area contributed by atoms with Crippen LogP contribution in [0.3, 0.4) is 0 Å². The van der Waals surface area contributed by atoms with Crippen molar-refractivity contribution in [2.24, 2.45) is 11.1 Å². The first-order valence-corrected chi connectivity index (χ1v) is 5.89. The Hall–Kier alpha value is -0.130. The SMILES string of the molecule is NS(=O)(=O)CCC1CCCC1O. The lowest BCUT2D eigenvalue weighted by Crippen LogP contribution is -2.22. The minimum atomic E-state index is -3.35. The summed E-state index contributed by atoms with van der Waals surface area (Å²) in [5.74, 6) is 0.137. The van der Waals surface area contributed by atoms with Gasteiger partial charge in [-0.05, 0) is 25.2 Å². The molecule has 0 aliphatic heterocycles. The van der Waals surface area contributed by atoms with E-state index in [9.17, 15) is 13.5 Å². The number of hydrogen-bond donors (Lipinski definition) is 2. The number of primary sulfonamides is 1. The maximum Gasteiger partial charge on any atom is 0.209 e. The molecule has 0 amide bonds. The fraction of sp³-hybridized carbons (Fsp3) is 1.00. The molecule has 0 heterocycles. The Bertz CT molecular complexity index is 237. The zero-order valence-electron chi connectivity index (χ0n) is 6.94. The molecule has 1 rings (SSSR count). The van der Waals surface area contributed by atoms with E-state index >= 15 is 0 Å². The highest BCUT2D eigenvalue weighted by molar-refractivity contribution is 7.89. The molecule has 4 nitrogen and oxygen atoms in total. The third-order valence-corrected chi connectivity index (χ3v) is 3.20. The average Bonchev–Trinajstić information content (AvgIpc) is 2.29. The molecule has 5 heteroatoms. The van der Waals surface area contributed by atoms with Gasteiger partial charge in [0.2, 0.25) is 10.0 Å². The van der Waals surface area contributed by atoms with Crippen molar-refractivity contribution in [2.75, 3.05) is 5.75 Å². The van der Waals surface area contributed by atoms with Gasteiger partial charge < -0.3 is 5.11 Å². The summed E-state index contributed by atoms with van der Waals surface area (Å²) >= 11 is 0. The van der Waals surface area contributed by atoms with Gasteiger partial charge in [0.15, 0.2) is 0 Å². The summed E-state index contributed by atoms with van der Waals surface area (Å²) in [6.07, 6.45) is 2.91. The van der Waals surface area contributed by atoms with Crippen molar-refractivity contribution >= 4 is 10.0 Å². The maximum atomic E-state index is 10.6. The van der Waals surface area contributed by atoms with E-state index in [2.05, 4.69) is 0 Å². The highest BCUT2D eigenvalue weighted by Crippen LogP contribution is 2.28. The molecule has 1 aliphatic carbocycles. The molecule has 0 radical (unpaired) electrons. The molecule has 0 bridgehead atoms. The van der Waals surface area contributed by atoms with Gasteiger partial charge in [-0.2, -0.15) is 0 Å². The van der Waals surface area contributed by atoms with E-state index in [0.717, 1.165) is 19.3 Å². The van der Waals surface area contributed by atoms with Crippen molar-refractivity contribution < 1.29 is 13.5 Å². The third-order valence-electron chi connectivity index (χ3n) is 2.39. The van der Waals surface area contributed by atoms with Crippen molar-refractivity contribution in [3.63, 3.8) is 0 Å². The Morgan fingerprint density at radius 3 is 2.50 bits per heavy atom. The van der Waals surface area contributed by atoms with Gasteiger partial charge in [0.1, 0.15) is 0 Å². The van der Waals surface area contributed by atoms with E-state index in [1.807, 2.05) is 0 Å². The standard InChI is InChI=1S/C7H15NO3S/c8-12(10,11)5-4-6-2-1-3-7(6)9/h6-7,9H,1-5H2,(H2,8,10,11). The fourth-order valence-corrected chi connectivity index (χ4v) is 2.30. The second kappa shape index (κ2) is 3.72. The highest BCUT2D eigenvalue weighted by Gasteiger charge is 2.25. The molecule has 0 aromatic heterocycles. The molecule has 1 saturated carbocycles. The van der Waals surface area contributed by atoms with Crippen LogP contribution < -0.4 is 5.14 Å². The van der Waals surface area contributed by atoms with Crippen molar-refractivity contribution in [2.45, 2.75) is 31.8 Å². The van der Waals surface area contributed by atoms with E-state index in [-0.39, 0.29) is 17.8 Å². The summed E-state index contributed by atoms with van der Waals surface area (Å²) in [4.78, 5) is 0. The molecule has 2 atom stereocenters. The monoisotopic (exact) mass is 193 g/mol. The predicted molar refractivity (Wildman–Crippen MR) is 45.9 cm³/mol. The normalized spacial score (nSPS) is 30.8. The lowest BCUT2D eigenvalue weighted by molar-refractivity contribution is 0.131. The van der Waals surface area contributed by atoms with Gasteiger partial charge in [-0.15, -0.1) is 0 Å². The summed E-state index contributed by atoms with van der Waals surface area (Å²) < 4.78 is 21.2. The summed E-state index contributed by atoms with van der Waals surface area (Å²) in [7, 11) is -3.35. The summed E-state index contributed by atoms with van der Waals surface area (Å²) in [6, 6.07) is 0. The Morgan fingerprint density at radius 1 is 1.42 bits per heavy atom. The van der Waals surface area contributed by atoms with Crippen molar-refractivity contribution in [1.29, 1.82) is 0 Å². The quantitative estimate of drug-likeness (QED) is 0.652. The number of aliphatic hydroxyl groups excluding tert-OH is 1. The lowest BCUT2D eigenvalue weighted by atomic mass is 10.0. The van der Waals surface area contributed by atoms with Gasteiger partial charge in [0.25, 0.3) is 0 Å². The number of hydrogen-bond acceptors (Lipinski definition) is 3. The Morgan fingerprint density at radius 2 is 2.08 bits per heavy atom. The first-order chi connectivity index (χ1) is 5.49. The van der Waals surface area contributed by atoms with Crippen molar-refractivity contribution in [3.8, 4) is 0 Å². The van der Waals surface area contributed by atoms with E-state index in [0.29, 0.717) is 6.42 Å². The molecule has 0 aromatic rings. The van der Waals surface area contributed by atoms with Crippen LogP contribution in [0.1, 0.15) is 25.7 Å². The fourth-order valence-electron chi connectivity index (χ4n) is 1.67. The predicted octanol–water partition coefficient (Wildman–Crippen LogP) is -0.174. The van der Waals surface area contributed by atoms with Crippen LogP contribution in [0.5, 0.6) is 0 Å². The maximum absolute atomic E-state index is 10.6. The molecule has 0 aromatic carbocycles. The number of sulfonamides is 1. The van der Waals surface area contributed by atoms with Crippen LogP contribution in [0.4, 0.5) is 0 Å². The van der Waals surface area contributed by atoms with E-state index in [1.54, 1.807) is 0 Å². The van der Waals surface area contributed by atoms with E-state index in [4.69, 9.17) is 5.14 Å². The van der Waals surface area contributed by atoms with Crippen molar-refractivity contribution in [1.82, 2.24) is 0 Å². The van der Waals surface area contributed by atoms with Crippen LogP contribution in [-0.4, -0.2) is 25.4 Å². The smallest absolute Gasteiger partial charge is 0.209 e. The van der Waals surface area contributed by atoms with E-state index < -0.39 is 10.0 Å². The zero-order valence-corrected chi connectivity index (χ0v) is 7.76. The molecule has 3 N–H and O–H groups in total. The lowest BCUT2D eigenvalue weighted by Gasteiger charge is -2.12. The summed E-state index contributed by atoms with van der Waals surface area (Å²) in [5, 5.41) is 14.2. The van der Waals surface area contributed by atoms with E-state index in [1.165, 1.54) is 0 Å². The van der Waals surface area contributed by atoms with Crippen LogP contribution >= 0.6 is 0 Å². The molecule has 2 unspecified atom stereocenters. The number of nitrogens with two attached hydrogens (primary N) is 1. The molecular formula is C7H15NO3S. The van der Waals surface area contributed by atoms with Crippen LogP contribution in [-0.2, 0) is 10.0 Å². The molecule has 1 aliphatic rings. The van der Waals surface area contributed by atoms with Crippen LogP contribution in [0.15, 0.2) is 0 Å². The average molecular weight is 193 g/mol. The molecule has 0 saturated heterocycles. The van der Waals surface area contributed by atoms with Crippen LogP contribution in [0, 0.1) is 5.92 Å². The molecule has 12 heavy (non-hydrogen) atoms. The topological polar surface area (TPSA) is 80.4 Å². The molecular weight excluding hydrogens is 178 g/mol. The Labute approximate surface area is 72.8 Å². The summed E-state index contributed by atoms with van der Waals surface area (Å²) in [6.45, 7) is 0. The summed E-state index contributed by atoms with van der Waals surface area (Å²) in [5.41, 5.74) is 0. The first-order valence-electron chi connectivity index (χ1n) is 4.17. The van der Waals surface area contributed by atoms with Gasteiger partial charge in [0.05, 0.1) is 11.9 Å². The Balaban J connectivity index is 2.32. The first kappa shape index (κ1) is 9.95. The second-order valence-corrected chi connectivity index (χ2v) is 5.15. The van der Waals surface area contributed by atoms with Crippen LogP contribution in [0.2, 0.25) is 0 Å². The van der Waals surface area contributed by atoms with Crippen molar-refractivity contribution in [3.05, 3.63) is 0 Å². The third kappa shape index (κ3) is 3.08. The Kier molecular flexibility index (Phi) is 3.09. The molecule has 72 valence electrons. The van der Waals surface area contributed by atoms with Gasteiger partial charge in [-0.25, -0.2) is 13.6 Å². The second-order valence-electron chi connectivity index (χ2n) is 3.41. The largest absolute Gasteiger partial charge is 0.393 e. The van der Waals surface area contributed by atoms with Crippen LogP contribution in [0.25, 0.3) is 0 Å². The van der Waals surface area contributed by atoms with Gasteiger partial charge in [-0.3, -0.25) is 0 Å². The van der Waals surface area contributed by atoms with Gasteiger partial charge in [0, 0.05) is 0 Å². The van der Waals surface area contributed by atoms with Gasteiger partial charge in [-0.1, -0.05) is 6.42 Å². The molecule has 0 spiro atoms. The zero-order chi connectivity index (χ0) is 9.19. The molecule has 1 fully saturated rings. The minimum absolute atomic E-state index is 0.00523.